The third-order valence-electron chi connectivity index (χ3n) is 5.02. The topological polar surface area (TPSA) is 49.6 Å². The highest BCUT2D eigenvalue weighted by molar-refractivity contribution is 5.78. The first-order valence-electron chi connectivity index (χ1n) is 8.87. The van der Waals surface area contributed by atoms with Gasteiger partial charge in [-0.25, -0.2) is 0 Å². The van der Waals surface area contributed by atoms with Gasteiger partial charge in [-0.2, -0.15) is 0 Å². The minimum Gasteiger partial charge on any atom is -0.343 e. The number of nitrogens with zero attached hydrogens (tertiary/aromatic N) is 2. The average Bonchev–Trinajstić information content (AvgIpc) is 2.55. The largest absolute Gasteiger partial charge is 0.343 e. The van der Waals surface area contributed by atoms with Crippen LogP contribution >= 0.6 is 0 Å². The Balaban J connectivity index is 2.35. The van der Waals surface area contributed by atoms with Crippen LogP contribution in [0.3, 0.4) is 0 Å². The highest BCUT2D eigenvalue weighted by Gasteiger charge is 2.28. The molecule has 21 heavy (non-hydrogen) atoms. The first-order valence-corrected chi connectivity index (χ1v) is 8.87. The maximum atomic E-state index is 12.6. The lowest BCUT2D eigenvalue weighted by Gasteiger charge is -2.31. The average molecular weight is 297 g/mol. The van der Waals surface area contributed by atoms with Crippen molar-refractivity contribution in [2.24, 2.45) is 17.6 Å². The fourth-order valence-electron chi connectivity index (χ4n) is 3.35. The van der Waals surface area contributed by atoms with Gasteiger partial charge in [0, 0.05) is 19.0 Å². The number of carbonyl (C=O) groups is 1. The second-order valence-electron chi connectivity index (χ2n) is 6.25. The summed E-state index contributed by atoms with van der Waals surface area (Å²) in [5.74, 6) is 1.28. The molecule has 0 aliphatic heterocycles. The van der Waals surface area contributed by atoms with Crippen molar-refractivity contribution in [3.8, 4) is 0 Å². The molecule has 0 spiro atoms. The lowest BCUT2D eigenvalue weighted by Crippen LogP contribution is -2.39. The van der Waals surface area contributed by atoms with Gasteiger partial charge in [-0.15, -0.1) is 0 Å². The van der Waals surface area contributed by atoms with E-state index in [2.05, 4.69) is 30.6 Å². The van der Waals surface area contributed by atoms with E-state index in [0.29, 0.717) is 11.8 Å². The normalized spacial score (nSPS) is 22.5. The lowest BCUT2D eigenvalue weighted by atomic mass is 9.81. The molecule has 4 heteroatoms. The molecule has 124 valence electrons. The van der Waals surface area contributed by atoms with Gasteiger partial charge in [0.25, 0.3) is 0 Å². The summed E-state index contributed by atoms with van der Waals surface area (Å²) in [5.41, 5.74) is 5.73. The molecule has 0 saturated heterocycles. The summed E-state index contributed by atoms with van der Waals surface area (Å²) in [5, 5.41) is 0. The van der Waals surface area contributed by atoms with Gasteiger partial charge in [0.05, 0.1) is 0 Å². The fourth-order valence-corrected chi connectivity index (χ4v) is 3.35. The van der Waals surface area contributed by atoms with Crippen molar-refractivity contribution in [3.05, 3.63) is 0 Å². The minimum atomic E-state index is 0.251. The number of carbonyl (C=O) groups excluding carboxylic acids is 1. The van der Waals surface area contributed by atoms with Crippen molar-refractivity contribution >= 4 is 5.91 Å². The summed E-state index contributed by atoms with van der Waals surface area (Å²) in [6.45, 7) is 12.3. The van der Waals surface area contributed by atoms with Crippen molar-refractivity contribution in [1.82, 2.24) is 9.80 Å². The van der Waals surface area contributed by atoms with Gasteiger partial charge in [-0.05, 0) is 71.1 Å². The Morgan fingerprint density at radius 2 is 1.62 bits per heavy atom. The van der Waals surface area contributed by atoms with E-state index in [0.717, 1.165) is 71.4 Å². The van der Waals surface area contributed by atoms with E-state index >= 15 is 0 Å². The predicted molar refractivity (Wildman–Crippen MR) is 89.2 cm³/mol. The Bertz CT molecular complexity index is 284. The Kier molecular flexibility index (Phi) is 8.93. The van der Waals surface area contributed by atoms with Crippen LogP contribution in [0.1, 0.15) is 52.9 Å². The predicted octanol–water partition coefficient (Wildman–Crippen LogP) is 2.33. The first kappa shape index (κ1) is 18.4. The lowest BCUT2D eigenvalue weighted by molar-refractivity contribution is -0.136. The molecule has 0 radical (unpaired) electrons. The maximum absolute atomic E-state index is 12.6. The van der Waals surface area contributed by atoms with Crippen molar-refractivity contribution in [1.29, 1.82) is 0 Å². The third-order valence-corrected chi connectivity index (χ3v) is 5.02. The molecule has 0 aromatic rings. The van der Waals surface area contributed by atoms with Gasteiger partial charge in [0.15, 0.2) is 0 Å². The summed E-state index contributed by atoms with van der Waals surface area (Å²) >= 11 is 0. The zero-order valence-electron chi connectivity index (χ0n) is 14.3. The van der Waals surface area contributed by atoms with E-state index in [-0.39, 0.29) is 5.92 Å². The van der Waals surface area contributed by atoms with Crippen LogP contribution < -0.4 is 5.73 Å². The van der Waals surface area contributed by atoms with Crippen LogP contribution in [0.25, 0.3) is 0 Å². The van der Waals surface area contributed by atoms with E-state index in [1.165, 1.54) is 0 Å². The molecule has 0 atom stereocenters. The molecule has 0 bridgehead atoms. The number of amides is 1. The van der Waals surface area contributed by atoms with Crippen molar-refractivity contribution < 1.29 is 4.79 Å². The van der Waals surface area contributed by atoms with E-state index in [9.17, 15) is 4.79 Å². The second-order valence-corrected chi connectivity index (χ2v) is 6.25. The number of hydrogen-bond acceptors (Lipinski definition) is 3. The zero-order valence-corrected chi connectivity index (χ0v) is 14.3. The van der Waals surface area contributed by atoms with Gasteiger partial charge in [-0.3, -0.25) is 4.79 Å². The SMILES string of the molecule is CCN(CC)CCCN(CC)C(=O)C1CCC(CN)CC1. The van der Waals surface area contributed by atoms with E-state index in [1.54, 1.807) is 0 Å². The maximum Gasteiger partial charge on any atom is 0.225 e. The number of hydrogen-bond donors (Lipinski definition) is 1. The number of nitrogens with two attached hydrogens (primary N) is 1. The van der Waals surface area contributed by atoms with Crippen LogP contribution in [-0.2, 0) is 4.79 Å². The molecule has 0 unspecified atom stereocenters. The highest BCUT2D eigenvalue weighted by Crippen LogP contribution is 2.29. The summed E-state index contributed by atoms with van der Waals surface area (Å²) in [7, 11) is 0. The van der Waals surface area contributed by atoms with E-state index < -0.39 is 0 Å². The molecule has 1 amide bonds. The summed E-state index contributed by atoms with van der Waals surface area (Å²) in [6.07, 6.45) is 5.41. The molecule has 4 nitrogen and oxygen atoms in total. The van der Waals surface area contributed by atoms with Crippen LogP contribution in [0.15, 0.2) is 0 Å². The van der Waals surface area contributed by atoms with Crippen LogP contribution in [-0.4, -0.2) is 55.0 Å². The van der Waals surface area contributed by atoms with Crippen LogP contribution in [0.2, 0.25) is 0 Å². The van der Waals surface area contributed by atoms with Crippen LogP contribution in [0.4, 0.5) is 0 Å². The van der Waals surface area contributed by atoms with Crippen molar-refractivity contribution in [2.75, 3.05) is 39.3 Å². The second kappa shape index (κ2) is 10.2. The Hall–Kier alpha value is -0.610. The molecular formula is C17H35N3O. The van der Waals surface area contributed by atoms with E-state index in [4.69, 9.17) is 5.73 Å². The van der Waals surface area contributed by atoms with Gasteiger partial charge >= 0.3 is 0 Å². The summed E-state index contributed by atoms with van der Waals surface area (Å²) in [4.78, 5) is 17.1. The zero-order chi connectivity index (χ0) is 15.7. The molecular weight excluding hydrogens is 262 g/mol. The molecule has 0 heterocycles. The van der Waals surface area contributed by atoms with Gasteiger partial charge in [0.1, 0.15) is 0 Å². The van der Waals surface area contributed by atoms with Crippen molar-refractivity contribution in [2.45, 2.75) is 52.9 Å². The molecule has 1 aliphatic carbocycles. The molecule has 1 aliphatic rings. The summed E-state index contributed by atoms with van der Waals surface area (Å²) < 4.78 is 0. The van der Waals surface area contributed by atoms with Crippen molar-refractivity contribution in [3.63, 3.8) is 0 Å². The van der Waals surface area contributed by atoms with Crippen LogP contribution in [0, 0.1) is 11.8 Å². The molecule has 0 aromatic carbocycles. The van der Waals surface area contributed by atoms with Gasteiger partial charge in [0.2, 0.25) is 5.91 Å². The molecule has 1 saturated carbocycles. The highest BCUT2D eigenvalue weighted by atomic mass is 16.2. The monoisotopic (exact) mass is 297 g/mol. The minimum absolute atomic E-state index is 0.251. The standard InChI is InChI=1S/C17H35N3O/c1-4-19(5-2)12-7-13-20(6-3)17(21)16-10-8-15(14-18)9-11-16/h15-16H,4-14,18H2,1-3H3. The molecule has 1 rings (SSSR count). The van der Waals surface area contributed by atoms with Gasteiger partial charge in [-0.1, -0.05) is 13.8 Å². The smallest absolute Gasteiger partial charge is 0.225 e. The Morgan fingerprint density at radius 1 is 1.00 bits per heavy atom. The number of rotatable bonds is 9. The quantitative estimate of drug-likeness (QED) is 0.710. The summed E-state index contributed by atoms with van der Waals surface area (Å²) in [6, 6.07) is 0. The first-order chi connectivity index (χ1) is 10.2. The van der Waals surface area contributed by atoms with E-state index in [1.807, 2.05) is 0 Å². The Morgan fingerprint density at radius 3 is 2.10 bits per heavy atom. The third kappa shape index (κ3) is 5.95. The molecule has 2 N–H and O–H groups in total. The molecule has 1 fully saturated rings. The Labute approximate surface area is 131 Å². The molecule has 0 aromatic heterocycles. The fraction of sp³-hybridized carbons (Fsp3) is 0.941. The van der Waals surface area contributed by atoms with Gasteiger partial charge < -0.3 is 15.5 Å². The van der Waals surface area contributed by atoms with Crippen LogP contribution in [0.5, 0.6) is 0 Å².